The largest absolute Gasteiger partial charge is 0.491 e. The second kappa shape index (κ2) is 9.18. The normalized spacial score (nSPS) is 22.9. The maximum atomic E-state index is 10.2. The van der Waals surface area contributed by atoms with Gasteiger partial charge in [0.25, 0.3) is 0 Å². The number of piperidine rings is 1. The second-order valence-electron chi connectivity index (χ2n) is 8.29. The van der Waals surface area contributed by atoms with Crippen LogP contribution in [0.1, 0.15) is 38.7 Å². The van der Waals surface area contributed by atoms with Crippen molar-refractivity contribution in [1.29, 1.82) is 0 Å². The van der Waals surface area contributed by atoms with Gasteiger partial charge in [-0.3, -0.25) is 4.90 Å². The molecule has 0 amide bonds. The lowest BCUT2D eigenvalue weighted by Crippen LogP contribution is -2.47. The van der Waals surface area contributed by atoms with Gasteiger partial charge in [-0.2, -0.15) is 0 Å². The Morgan fingerprint density at radius 1 is 1.08 bits per heavy atom. The summed E-state index contributed by atoms with van der Waals surface area (Å²) in [6.45, 7) is 11.2. The van der Waals surface area contributed by atoms with Crippen LogP contribution in [0.5, 0.6) is 5.75 Å². The van der Waals surface area contributed by atoms with Crippen molar-refractivity contribution < 1.29 is 14.6 Å². The number of morpholine rings is 1. The maximum Gasteiger partial charge on any atom is 0.119 e. The molecular weight excluding hydrogens is 328 g/mol. The second-order valence-corrected chi connectivity index (χ2v) is 8.29. The Kier molecular flexibility index (Phi) is 6.92. The smallest absolute Gasteiger partial charge is 0.119 e. The molecule has 0 radical (unpaired) electrons. The predicted octanol–water partition coefficient (Wildman–Crippen LogP) is 2.52. The fraction of sp³-hybridized carbons (Fsp3) is 0.714. The van der Waals surface area contributed by atoms with Gasteiger partial charge in [0.05, 0.1) is 12.2 Å². The van der Waals surface area contributed by atoms with E-state index in [2.05, 4.69) is 35.8 Å². The average molecular weight is 363 g/mol. The summed E-state index contributed by atoms with van der Waals surface area (Å²) in [5, 5.41) is 10.2. The van der Waals surface area contributed by atoms with Gasteiger partial charge in [0, 0.05) is 26.2 Å². The number of aliphatic hydroxyl groups is 1. The Balaban J connectivity index is 1.41. The molecule has 0 aliphatic carbocycles. The minimum atomic E-state index is -0.427. The van der Waals surface area contributed by atoms with E-state index >= 15 is 0 Å². The molecule has 2 heterocycles. The minimum absolute atomic E-state index is 0.0637. The predicted molar refractivity (Wildman–Crippen MR) is 104 cm³/mol. The highest BCUT2D eigenvalue weighted by Crippen LogP contribution is 2.20. The Hall–Kier alpha value is -1.14. The van der Waals surface area contributed by atoms with Crippen molar-refractivity contribution in [3.8, 4) is 5.75 Å². The molecule has 2 saturated heterocycles. The fourth-order valence-corrected chi connectivity index (χ4v) is 3.88. The van der Waals surface area contributed by atoms with Crippen LogP contribution in [0.4, 0.5) is 0 Å². The fourth-order valence-electron chi connectivity index (χ4n) is 3.88. The molecular formula is C21H34N2O3. The van der Waals surface area contributed by atoms with Crippen molar-refractivity contribution in [1.82, 2.24) is 9.80 Å². The molecule has 146 valence electrons. The zero-order valence-electron chi connectivity index (χ0n) is 16.3. The molecule has 3 rings (SSSR count). The molecule has 0 saturated carbocycles. The number of hydrogen-bond acceptors (Lipinski definition) is 5. The molecule has 0 bridgehead atoms. The van der Waals surface area contributed by atoms with Crippen molar-refractivity contribution in [2.45, 2.75) is 51.4 Å². The highest BCUT2D eigenvalue weighted by Gasteiger charge is 2.26. The van der Waals surface area contributed by atoms with Crippen molar-refractivity contribution in [3.63, 3.8) is 0 Å². The van der Waals surface area contributed by atoms with Crippen LogP contribution in [0.15, 0.2) is 24.3 Å². The number of benzene rings is 1. The number of likely N-dealkylation sites (tertiary alicyclic amines) is 1. The zero-order chi connectivity index (χ0) is 18.4. The lowest BCUT2D eigenvalue weighted by atomic mass is 10.1. The summed E-state index contributed by atoms with van der Waals surface area (Å²) in [7, 11) is 0. The summed E-state index contributed by atoms with van der Waals surface area (Å²) in [5.74, 6) is 0.828. The SMILES string of the molecule is CC1(C)CN(Cc2ccc(OCC(O)CN3CCCCC3)cc2)CCO1. The number of ether oxygens (including phenoxy) is 2. The Labute approximate surface area is 157 Å². The van der Waals surface area contributed by atoms with Crippen LogP contribution in [-0.4, -0.2) is 72.5 Å². The summed E-state index contributed by atoms with van der Waals surface area (Å²) in [6, 6.07) is 8.26. The number of aliphatic hydroxyl groups excluding tert-OH is 1. The first-order valence-corrected chi connectivity index (χ1v) is 9.99. The van der Waals surface area contributed by atoms with Gasteiger partial charge >= 0.3 is 0 Å². The molecule has 2 fully saturated rings. The molecule has 26 heavy (non-hydrogen) atoms. The zero-order valence-corrected chi connectivity index (χ0v) is 16.3. The molecule has 5 heteroatoms. The first kappa shape index (κ1) is 19.6. The van der Waals surface area contributed by atoms with Crippen LogP contribution in [0.25, 0.3) is 0 Å². The molecule has 1 aromatic rings. The standard InChI is InChI=1S/C21H34N2O3/c1-21(2)17-23(12-13-26-21)14-18-6-8-20(9-7-18)25-16-19(24)15-22-10-4-3-5-11-22/h6-9,19,24H,3-5,10-17H2,1-2H3. The number of hydrogen-bond donors (Lipinski definition) is 1. The molecule has 2 aliphatic heterocycles. The van der Waals surface area contributed by atoms with E-state index in [0.717, 1.165) is 45.1 Å². The lowest BCUT2D eigenvalue weighted by molar-refractivity contribution is -0.0882. The van der Waals surface area contributed by atoms with E-state index in [1.807, 2.05) is 12.1 Å². The molecule has 2 aliphatic rings. The molecule has 1 N–H and O–H groups in total. The van der Waals surface area contributed by atoms with E-state index in [1.54, 1.807) is 0 Å². The summed E-state index contributed by atoms with van der Waals surface area (Å²) in [5.41, 5.74) is 1.22. The summed E-state index contributed by atoms with van der Waals surface area (Å²) >= 11 is 0. The van der Waals surface area contributed by atoms with Gasteiger partial charge in [-0.1, -0.05) is 18.6 Å². The quantitative estimate of drug-likeness (QED) is 0.808. The lowest BCUT2D eigenvalue weighted by Gasteiger charge is -2.38. The average Bonchev–Trinajstić information content (AvgIpc) is 2.61. The van der Waals surface area contributed by atoms with Crippen LogP contribution in [0.3, 0.4) is 0 Å². The van der Waals surface area contributed by atoms with Crippen LogP contribution in [0, 0.1) is 0 Å². The van der Waals surface area contributed by atoms with Crippen molar-refractivity contribution >= 4 is 0 Å². The van der Waals surface area contributed by atoms with Crippen LogP contribution >= 0.6 is 0 Å². The van der Waals surface area contributed by atoms with E-state index in [-0.39, 0.29) is 5.60 Å². The molecule has 1 atom stereocenters. The van der Waals surface area contributed by atoms with Crippen molar-refractivity contribution in [2.24, 2.45) is 0 Å². The summed E-state index contributed by atoms with van der Waals surface area (Å²) < 4.78 is 11.5. The highest BCUT2D eigenvalue weighted by atomic mass is 16.5. The Morgan fingerprint density at radius 3 is 2.50 bits per heavy atom. The molecule has 1 aromatic carbocycles. The first-order valence-electron chi connectivity index (χ1n) is 9.99. The van der Waals surface area contributed by atoms with Gasteiger partial charge in [0.2, 0.25) is 0 Å². The summed E-state index contributed by atoms with van der Waals surface area (Å²) in [6.07, 6.45) is 3.38. The van der Waals surface area contributed by atoms with Gasteiger partial charge < -0.3 is 19.5 Å². The van der Waals surface area contributed by atoms with E-state index in [9.17, 15) is 5.11 Å². The third-order valence-electron chi connectivity index (χ3n) is 5.19. The van der Waals surface area contributed by atoms with E-state index in [0.29, 0.717) is 13.2 Å². The van der Waals surface area contributed by atoms with Crippen LogP contribution in [-0.2, 0) is 11.3 Å². The van der Waals surface area contributed by atoms with E-state index in [1.165, 1.54) is 24.8 Å². The molecule has 0 spiro atoms. The molecule has 5 nitrogen and oxygen atoms in total. The topological polar surface area (TPSA) is 45.2 Å². The van der Waals surface area contributed by atoms with Gasteiger partial charge in [0.15, 0.2) is 0 Å². The van der Waals surface area contributed by atoms with Gasteiger partial charge in [0.1, 0.15) is 18.5 Å². The van der Waals surface area contributed by atoms with Crippen LogP contribution in [0.2, 0.25) is 0 Å². The van der Waals surface area contributed by atoms with Gasteiger partial charge in [-0.15, -0.1) is 0 Å². The van der Waals surface area contributed by atoms with Gasteiger partial charge in [-0.05, 0) is 57.5 Å². The highest BCUT2D eigenvalue weighted by molar-refractivity contribution is 5.27. The third-order valence-corrected chi connectivity index (χ3v) is 5.19. The van der Waals surface area contributed by atoms with Crippen molar-refractivity contribution in [3.05, 3.63) is 29.8 Å². The summed E-state index contributed by atoms with van der Waals surface area (Å²) in [4.78, 5) is 4.77. The third kappa shape index (κ3) is 6.23. The Bertz CT molecular complexity index is 541. The monoisotopic (exact) mass is 362 g/mol. The number of β-amino-alcohol motifs (C(OH)–C–C–N with tert-alkyl or cyclic N) is 1. The van der Waals surface area contributed by atoms with Gasteiger partial charge in [-0.25, -0.2) is 0 Å². The molecule has 0 aromatic heterocycles. The first-order chi connectivity index (χ1) is 12.5. The Morgan fingerprint density at radius 2 is 1.81 bits per heavy atom. The maximum absolute atomic E-state index is 10.2. The minimum Gasteiger partial charge on any atom is -0.491 e. The van der Waals surface area contributed by atoms with Crippen LogP contribution < -0.4 is 4.74 Å². The molecule has 1 unspecified atom stereocenters. The number of rotatable bonds is 7. The van der Waals surface area contributed by atoms with Crippen molar-refractivity contribution in [2.75, 3.05) is 45.9 Å². The van der Waals surface area contributed by atoms with E-state index in [4.69, 9.17) is 9.47 Å². The number of nitrogens with zero attached hydrogens (tertiary/aromatic N) is 2. The van der Waals surface area contributed by atoms with E-state index < -0.39 is 6.10 Å².